The molecule has 0 saturated heterocycles. The van der Waals surface area contributed by atoms with Crippen molar-refractivity contribution in [3.05, 3.63) is 51.5 Å². The van der Waals surface area contributed by atoms with Gasteiger partial charge in [-0.15, -0.1) is 11.3 Å². The van der Waals surface area contributed by atoms with Crippen LogP contribution in [0.25, 0.3) is 0 Å². The van der Waals surface area contributed by atoms with Crippen molar-refractivity contribution in [1.82, 2.24) is 10.3 Å². The molecule has 0 amide bonds. The van der Waals surface area contributed by atoms with Gasteiger partial charge in [-0.1, -0.05) is 29.8 Å². The fraction of sp³-hybridized carbons (Fsp3) is 0.400. The van der Waals surface area contributed by atoms with Crippen LogP contribution in [0.2, 0.25) is 0 Å². The highest BCUT2D eigenvalue weighted by molar-refractivity contribution is 7.09. The molecule has 0 aliphatic rings. The van der Waals surface area contributed by atoms with Crippen LogP contribution in [0.5, 0.6) is 0 Å². The fourth-order valence-corrected chi connectivity index (χ4v) is 2.77. The summed E-state index contributed by atoms with van der Waals surface area (Å²) in [6.45, 7) is 6.30. The van der Waals surface area contributed by atoms with Crippen molar-refractivity contribution in [3.63, 3.8) is 0 Å². The van der Waals surface area contributed by atoms with Crippen molar-refractivity contribution in [2.45, 2.75) is 26.7 Å². The molecule has 0 bridgehead atoms. The first kappa shape index (κ1) is 13.2. The molecule has 2 aromatic rings. The molecule has 2 nitrogen and oxygen atoms in total. The third-order valence-corrected chi connectivity index (χ3v) is 4.04. The normalized spacial score (nSPS) is 10.8. The highest BCUT2D eigenvalue weighted by Crippen LogP contribution is 2.11. The molecule has 0 spiro atoms. The molecular weight excluding hydrogens is 240 g/mol. The molecule has 1 aromatic carbocycles. The fourth-order valence-electron chi connectivity index (χ4n) is 1.99. The molecule has 18 heavy (non-hydrogen) atoms. The van der Waals surface area contributed by atoms with Gasteiger partial charge in [0.1, 0.15) is 0 Å². The second-order valence-electron chi connectivity index (χ2n) is 4.60. The summed E-state index contributed by atoms with van der Waals surface area (Å²) in [5.41, 5.74) is 5.86. The maximum Gasteiger partial charge on any atom is 0.0797 e. The van der Waals surface area contributed by atoms with Crippen LogP contribution in [0.3, 0.4) is 0 Å². The van der Waals surface area contributed by atoms with Gasteiger partial charge < -0.3 is 5.32 Å². The number of aromatic nitrogens is 1. The number of hydrogen-bond donors (Lipinski definition) is 1. The highest BCUT2D eigenvalue weighted by Gasteiger charge is 2.00. The van der Waals surface area contributed by atoms with Crippen molar-refractivity contribution in [2.75, 3.05) is 13.1 Å². The molecule has 3 heteroatoms. The van der Waals surface area contributed by atoms with E-state index in [1.807, 2.05) is 5.51 Å². The Morgan fingerprint density at radius 3 is 2.72 bits per heavy atom. The van der Waals surface area contributed by atoms with E-state index in [-0.39, 0.29) is 0 Å². The highest BCUT2D eigenvalue weighted by atomic mass is 32.1. The van der Waals surface area contributed by atoms with Crippen LogP contribution in [-0.4, -0.2) is 18.1 Å². The molecule has 1 aromatic heterocycles. The Kier molecular flexibility index (Phi) is 4.90. The first-order valence-electron chi connectivity index (χ1n) is 6.41. The van der Waals surface area contributed by atoms with E-state index in [9.17, 15) is 0 Å². The van der Waals surface area contributed by atoms with Crippen LogP contribution >= 0.6 is 11.3 Å². The molecule has 2 rings (SSSR count). The average Bonchev–Trinajstić information content (AvgIpc) is 2.75. The lowest BCUT2D eigenvalue weighted by atomic mass is 10.1. The van der Waals surface area contributed by atoms with E-state index in [1.165, 1.54) is 21.7 Å². The van der Waals surface area contributed by atoms with E-state index in [2.05, 4.69) is 48.4 Å². The smallest absolute Gasteiger partial charge is 0.0797 e. The van der Waals surface area contributed by atoms with Crippen LogP contribution in [0.15, 0.2) is 29.8 Å². The minimum Gasteiger partial charge on any atom is -0.316 e. The van der Waals surface area contributed by atoms with Crippen molar-refractivity contribution in [1.29, 1.82) is 0 Å². The van der Waals surface area contributed by atoms with Gasteiger partial charge in [-0.05, 0) is 38.8 Å². The van der Waals surface area contributed by atoms with Gasteiger partial charge in [0, 0.05) is 11.4 Å². The minimum absolute atomic E-state index is 1.04. The van der Waals surface area contributed by atoms with Gasteiger partial charge in [-0.25, -0.2) is 4.98 Å². The number of nitrogens with one attached hydrogen (secondary N) is 1. The van der Waals surface area contributed by atoms with E-state index in [4.69, 9.17) is 0 Å². The lowest BCUT2D eigenvalue weighted by molar-refractivity contribution is 0.683. The van der Waals surface area contributed by atoms with Crippen LogP contribution in [-0.2, 0) is 12.8 Å². The SMILES string of the molecule is Cc1cccc(CCNCCc2scnc2C)c1. The lowest BCUT2D eigenvalue weighted by Crippen LogP contribution is -2.20. The predicted octanol–water partition coefficient (Wildman–Crippen LogP) is 3.13. The van der Waals surface area contributed by atoms with Gasteiger partial charge in [0.2, 0.25) is 0 Å². The number of benzene rings is 1. The van der Waals surface area contributed by atoms with Crippen molar-refractivity contribution >= 4 is 11.3 Å². The maximum absolute atomic E-state index is 4.26. The zero-order valence-corrected chi connectivity index (χ0v) is 11.9. The Balaban J connectivity index is 1.66. The van der Waals surface area contributed by atoms with Crippen LogP contribution < -0.4 is 5.32 Å². The number of hydrogen-bond acceptors (Lipinski definition) is 3. The quantitative estimate of drug-likeness (QED) is 0.807. The van der Waals surface area contributed by atoms with Crippen molar-refractivity contribution < 1.29 is 0 Å². The van der Waals surface area contributed by atoms with Gasteiger partial charge in [-0.3, -0.25) is 0 Å². The largest absolute Gasteiger partial charge is 0.316 e. The van der Waals surface area contributed by atoms with Gasteiger partial charge in [0.25, 0.3) is 0 Å². The van der Waals surface area contributed by atoms with Gasteiger partial charge in [0.15, 0.2) is 0 Å². The topological polar surface area (TPSA) is 24.9 Å². The van der Waals surface area contributed by atoms with Gasteiger partial charge in [0.05, 0.1) is 11.2 Å². The summed E-state index contributed by atoms with van der Waals surface area (Å²) in [6.07, 6.45) is 2.19. The average molecular weight is 260 g/mol. The van der Waals surface area contributed by atoms with Crippen molar-refractivity contribution in [3.8, 4) is 0 Å². The van der Waals surface area contributed by atoms with Gasteiger partial charge >= 0.3 is 0 Å². The standard InChI is InChI=1S/C15H20N2S/c1-12-4-3-5-14(10-12)6-8-16-9-7-15-13(2)17-11-18-15/h3-5,10-11,16H,6-9H2,1-2H3. The number of aryl methyl sites for hydroxylation is 2. The van der Waals surface area contributed by atoms with Crippen molar-refractivity contribution in [2.24, 2.45) is 0 Å². The third-order valence-electron chi connectivity index (χ3n) is 3.05. The second-order valence-corrected chi connectivity index (χ2v) is 5.54. The molecule has 0 unspecified atom stereocenters. The first-order valence-corrected chi connectivity index (χ1v) is 7.29. The summed E-state index contributed by atoms with van der Waals surface area (Å²) >= 11 is 1.75. The summed E-state index contributed by atoms with van der Waals surface area (Å²) in [7, 11) is 0. The van der Waals surface area contributed by atoms with E-state index in [0.717, 1.165) is 25.9 Å². The molecule has 0 aliphatic heterocycles. The molecule has 0 fully saturated rings. The zero-order chi connectivity index (χ0) is 12.8. The molecule has 0 aliphatic carbocycles. The van der Waals surface area contributed by atoms with Crippen LogP contribution in [0.4, 0.5) is 0 Å². The maximum atomic E-state index is 4.26. The number of thiazole rings is 1. The molecule has 96 valence electrons. The van der Waals surface area contributed by atoms with E-state index in [0.29, 0.717) is 0 Å². The van der Waals surface area contributed by atoms with E-state index < -0.39 is 0 Å². The van der Waals surface area contributed by atoms with Gasteiger partial charge in [-0.2, -0.15) is 0 Å². The second kappa shape index (κ2) is 6.66. The molecule has 1 heterocycles. The minimum atomic E-state index is 1.04. The van der Waals surface area contributed by atoms with E-state index >= 15 is 0 Å². The molecule has 1 N–H and O–H groups in total. The molecule has 0 radical (unpaired) electrons. The summed E-state index contributed by atoms with van der Waals surface area (Å²) in [5, 5.41) is 3.50. The molecular formula is C15H20N2S. The van der Waals surface area contributed by atoms with Crippen LogP contribution in [0, 0.1) is 13.8 Å². The summed E-state index contributed by atoms with van der Waals surface area (Å²) < 4.78 is 0. The molecule has 0 atom stereocenters. The summed E-state index contributed by atoms with van der Waals surface area (Å²) in [4.78, 5) is 5.66. The number of nitrogens with zero attached hydrogens (tertiary/aromatic N) is 1. The Hall–Kier alpha value is -1.19. The molecule has 0 saturated carbocycles. The lowest BCUT2D eigenvalue weighted by Gasteiger charge is -2.05. The Labute approximate surface area is 113 Å². The Morgan fingerprint density at radius 2 is 2.00 bits per heavy atom. The Morgan fingerprint density at radius 1 is 1.17 bits per heavy atom. The van der Waals surface area contributed by atoms with Crippen LogP contribution in [0.1, 0.15) is 21.7 Å². The predicted molar refractivity (Wildman–Crippen MR) is 78.3 cm³/mol. The van der Waals surface area contributed by atoms with E-state index in [1.54, 1.807) is 11.3 Å². The first-order chi connectivity index (χ1) is 8.75. The zero-order valence-electron chi connectivity index (χ0n) is 11.1. The third kappa shape index (κ3) is 3.93. The summed E-state index contributed by atoms with van der Waals surface area (Å²) in [6, 6.07) is 8.73. The summed E-state index contributed by atoms with van der Waals surface area (Å²) in [5.74, 6) is 0. The number of rotatable bonds is 6. The monoisotopic (exact) mass is 260 g/mol. The Bertz CT molecular complexity index is 491.